The van der Waals surface area contributed by atoms with Gasteiger partial charge in [0.15, 0.2) is 10.8 Å². The number of halogens is 3. The molecule has 0 aliphatic rings. The number of hydrogen-bond donors (Lipinski definition) is 1. The van der Waals surface area contributed by atoms with Crippen molar-refractivity contribution in [2.45, 2.75) is 19.6 Å². The van der Waals surface area contributed by atoms with Gasteiger partial charge in [0.2, 0.25) is 5.91 Å². The highest BCUT2D eigenvalue weighted by molar-refractivity contribution is 7.13. The van der Waals surface area contributed by atoms with Gasteiger partial charge >= 0.3 is 6.18 Å². The summed E-state index contributed by atoms with van der Waals surface area (Å²) in [5, 5.41) is 7.18. The van der Waals surface area contributed by atoms with Crippen LogP contribution < -0.4 is 5.32 Å². The van der Waals surface area contributed by atoms with Gasteiger partial charge in [0.25, 0.3) is 0 Å². The molecule has 0 radical (unpaired) electrons. The van der Waals surface area contributed by atoms with Crippen LogP contribution in [0.1, 0.15) is 32.7 Å². The lowest BCUT2D eigenvalue weighted by atomic mass is 10.1. The zero-order chi connectivity index (χ0) is 21.0. The van der Waals surface area contributed by atoms with Crippen molar-refractivity contribution in [1.29, 1.82) is 0 Å². The Morgan fingerprint density at radius 1 is 1.21 bits per heavy atom. The number of anilines is 1. The van der Waals surface area contributed by atoms with Crippen molar-refractivity contribution in [3.05, 3.63) is 69.9 Å². The summed E-state index contributed by atoms with van der Waals surface area (Å²) in [6, 6.07) is 4.49. The van der Waals surface area contributed by atoms with Gasteiger partial charge < -0.3 is 5.32 Å². The fourth-order valence-corrected chi connectivity index (χ4v) is 3.16. The summed E-state index contributed by atoms with van der Waals surface area (Å²) in [7, 11) is 0. The second kappa shape index (κ2) is 8.39. The van der Waals surface area contributed by atoms with Gasteiger partial charge in [-0.2, -0.15) is 18.3 Å². The van der Waals surface area contributed by atoms with E-state index < -0.39 is 17.6 Å². The molecule has 0 saturated heterocycles. The Morgan fingerprint density at radius 3 is 2.55 bits per heavy atom. The smallest absolute Gasteiger partial charge is 0.320 e. The number of nitrogens with one attached hydrogen (secondary N) is 1. The van der Waals surface area contributed by atoms with E-state index in [9.17, 15) is 22.8 Å². The fraction of sp³-hybridized carbons (Fsp3) is 0.158. The summed E-state index contributed by atoms with van der Waals surface area (Å²) in [6.07, 6.45) is 2.94. The Balaban J connectivity index is 1.57. The largest absolute Gasteiger partial charge is 0.416 e. The molecule has 0 aliphatic carbocycles. The van der Waals surface area contributed by atoms with Crippen LogP contribution in [-0.2, 0) is 17.5 Å². The summed E-state index contributed by atoms with van der Waals surface area (Å²) in [5.74, 6) is -0.546. The number of carbonyl (C=O) groups excluding carboxylic acids is 2. The quantitative estimate of drug-likeness (QED) is 0.478. The SMILES string of the molecule is CC(=O)c1ncc(Cn2cc(NC(=O)/C=C/c3ccc(C(F)(F)F)cc3)cn2)s1. The molecule has 6 nitrogen and oxygen atoms in total. The predicted molar refractivity (Wildman–Crippen MR) is 103 cm³/mol. The number of rotatable bonds is 6. The van der Waals surface area contributed by atoms with Gasteiger partial charge in [0.05, 0.1) is 24.0 Å². The molecule has 1 amide bonds. The van der Waals surface area contributed by atoms with Crippen LogP contribution in [0.5, 0.6) is 0 Å². The number of Topliss-reactive ketones (excluding diaryl/α,β-unsaturated/α-hetero) is 1. The molecule has 3 aromatic rings. The topological polar surface area (TPSA) is 76.9 Å². The van der Waals surface area contributed by atoms with Gasteiger partial charge in [0, 0.05) is 30.3 Å². The third-order valence-electron chi connectivity index (χ3n) is 3.74. The molecule has 0 spiro atoms. The second-order valence-corrected chi connectivity index (χ2v) is 7.17. The van der Waals surface area contributed by atoms with Crippen molar-refractivity contribution < 1.29 is 22.8 Å². The summed E-state index contributed by atoms with van der Waals surface area (Å²) in [5.41, 5.74) is 0.182. The standard InChI is InChI=1S/C19H15F3N4O2S/c1-12(27)18-23-9-16(29-18)11-26-10-15(8-24-26)25-17(28)7-4-13-2-5-14(6-3-13)19(20,21)22/h2-10H,11H2,1H3,(H,25,28)/b7-4+. The molecule has 0 saturated carbocycles. The van der Waals surface area contributed by atoms with Crippen molar-refractivity contribution in [2.24, 2.45) is 0 Å². The molecule has 0 atom stereocenters. The van der Waals surface area contributed by atoms with Crippen LogP contribution in [-0.4, -0.2) is 26.5 Å². The number of amides is 1. The lowest BCUT2D eigenvalue weighted by Crippen LogP contribution is -2.07. The van der Waals surface area contributed by atoms with Crippen LogP contribution in [0.2, 0.25) is 0 Å². The van der Waals surface area contributed by atoms with E-state index in [0.29, 0.717) is 22.8 Å². The number of carbonyl (C=O) groups is 2. The number of aromatic nitrogens is 3. The molecule has 0 aliphatic heterocycles. The summed E-state index contributed by atoms with van der Waals surface area (Å²) in [4.78, 5) is 28.2. The molecule has 0 fully saturated rings. The van der Waals surface area contributed by atoms with E-state index in [1.807, 2.05) is 0 Å². The molecule has 150 valence electrons. The van der Waals surface area contributed by atoms with Crippen LogP contribution in [0.15, 0.2) is 48.9 Å². The summed E-state index contributed by atoms with van der Waals surface area (Å²) in [6.45, 7) is 1.85. The lowest BCUT2D eigenvalue weighted by molar-refractivity contribution is -0.137. The van der Waals surface area contributed by atoms with Crippen molar-refractivity contribution >= 4 is 34.8 Å². The normalized spacial score (nSPS) is 11.7. The number of benzene rings is 1. The van der Waals surface area contributed by atoms with Gasteiger partial charge in [-0.05, 0) is 23.8 Å². The molecule has 10 heteroatoms. The predicted octanol–water partition coefficient (Wildman–Crippen LogP) is 4.26. The van der Waals surface area contributed by atoms with E-state index in [2.05, 4.69) is 15.4 Å². The Bertz CT molecular complexity index is 1050. The first-order valence-electron chi connectivity index (χ1n) is 8.35. The zero-order valence-corrected chi connectivity index (χ0v) is 15.9. The number of thiazole rings is 1. The molecule has 0 unspecified atom stereocenters. The lowest BCUT2D eigenvalue weighted by Gasteiger charge is -2.05. The summed E-state index contributed by atoms with van der Waals surface area (Å²) >= 11 is 1.28. The van der Waals surface area contributed by atoms with Crippen LogP contribution in [0.25, 0.3) is 6.08 Å². The average Bonchev–Trinajstić information content (AvgIpc) is 3.30. The maximum Gasteiger partial charge on any atom is 0.416 e. The van der Waals surface area contributed by atoms with Gasteiger partial charge in [-0.25, -0.2) is 4.98 Å². The molecule has 1 aromatic carbocycles. The molecule has 3 rings (SSSR count). The first kappa shape index (κ1) is 20.5. The third-order valence-corrected chi connectivity index (χ3v) is 4.82. The van der Waals surface area contributed by atoms with Crippen molar-refractivity contribution in [2.75, 3.05) is 5.32 Å². The highest BCUT2D eigenvalue weighted by Gasteiger charge is 2.29. The van der Waals surface area contributed by atoms with E-state index in [0.717, 1.165) is 17.0 Å². The van der Waals surface area contributed by atoms with E-state index in [1.54, 1.807) is 17.1 Å². The molecule has 1 N–H and O–H groups in total. The Morgan fingerprint density at radius 2 is 1.93 bits per heavy atom. The molecule has 2 heterocycles. The minimum atomic E-state index is -4.40. The number of nitrogens with zero attached hydrogens (tertiary/aromatic N) is 3. The highest BCUT2D eigenvalue weighted by Crippen LogP contribution is 2.29. The fourth-order valence-electron chi connectivity index (χ4n) is 2.36. The first-order valence-corrected chi connectivity index (χ1v) is 9.17. The molecule has 2 aromatic heterocycles. The Labute approximate surface area is 167 Å². The van der Waals surface area contributed by atoms with E-state index in [-0.39, 0.29) is 5.78 Å². The number of ketones is 1. The van der Waals surface area contributed by atoms with Crippen molar-refractivity contribution in [3.8, 4) is 0 Å². The first-order chi connectivity index (χ1) is 13.7. The van der Waals surface area contributed by atoms with Gasteiger partial charge in [-0.15, -0.1) is 11.3 Å². The Kier molecular flexibility index (Phi) is 5.92. The van der Waals surface area contributed by atoms with Crippen molar-refractivity contribution in [3.63, 3.8) is 0 Å². The average molecular weight is 420 g/mol. The number of alkyl halides is 3. The minimum absolute atomic E-state index is 0.102. The zero-order valence-electron chi connectivity index (χ0n) is 15.1. The molecular formula is C19H15F3N4O2S. The van der Waals surface area contributed by atoms with Gasteiger partial charge in [-0.1, -0.05) is 12.1 Å². The van der Waals surface area contributed by atoms with E-state index in [4.69, 9.17) is 0 Å². The van der Waals surface area contributed by atoms with Gasteiger partial charge in [-0.3, -0.25) is 14.3 Å². The van der Waals surface area contributed by atoms with Crippen molar-refractivity contribution in [1.82, 2.24) is 14.8 Å². The Hall–Kier alpha value is -3.27. The maximum absolute atomic E-state index is 12.5. The molecular weight excluding hydrogens is 405 g/mol. The third kappa shape index (κ3) is 5.61. The van der Waals surface area contributed by atoms with Crippen LogP contribution >= 0.6 is 11.3 Å². The molecule has 29 heavy (non-hydrogen) atoms. The van der Waals surface area contributed by atoms with Crippen LogP contribution in [0, 0.1) is 0 Å². The highest BCUT2D eigenvalue weighted by atomic mass is 32.1. The minimum Gasteiger partial charge on any atom is -0.320 e. The monoisotopic (exact) mass is 420 g/mol. The second-order valence-electron chi connectivity index (χ2n) is 6.06. The summed E-state index contributed by atoms with van der Waals surface area (Å²) < 4.78 is 39.2. The maximum atomic E-state index is 12.5. The van der Waals surface area contributed by atoms with E-state index in [1.165, 1.54) is 48.7 Å². The van der Waals surface area contributed by atoms with Gasteiger partial charge in [0.1, 0.15) is 0 Å². The van der Waals surface area contributed by atoms with Crippen LogP contribution in [0.3, 0.4) is 0 Å². The molecule has 0 bridgehead atoms. The number of hydrogen-bond acceptors (Lipinski definition) is 5. The van der Waals surface area contributed by atoms with Crippen LogP contribution in [0.4, 0.5) is 18.9 Å². The van der Waals surface area contributed by atoms with E-state index >= 15 is 0 Å².